The van der Waals surface area contributed by atoms with E-state index < -0.39 is 10.0 Å². The molecule has 2 heterocycles. The van der Waals surface area contributed by atoms with E-state index in [9.17, 15) is 8.42 Å². The van der Waals surface area contributed by atoms with Crippen molar-refractivity contribution in [3.63, 3.8) is 0 Å². The molecule has 1 fully saturated rings. The van der Waals surface area contributed by atoms with E-state index in [1.165, 1.54) is 0 Å². The van der Waals surface area contributed by atoms with Crippen LogP contribution in [0.2, 0.25) is 0 Å². The lowest BCUT2D eigenvalue weighted by Gasteiger charge is -2.34. The molecule has 7 nitrogen and oxygen atoms in total. The molecule has 0 spiro atoms. The van der Waals surface area contributed by atoms with Crippen LogP contribution in [0.25, 0.3) is 0 Å². The van der Waals surface area contributed by atoms with Crippen LogP contribution >= 0.6 is 0 Å². The van der Waals surface area contributed by atoms with Gasteiger partial charge in [-0.2, -0.15) is 9.29 Å². The second-order valence-corrected chi connectivity index (χ2v) is 9.85. The summed E-state index contributed by atoms with van der Waals surface area (Å²) in [5.41, 5.74) is 3.71. The normalized spacial score (nSPS) is 16.8. The number of benzene rings is 1. The number of rotatable bonds is 5. The predicted molar refractivity (Wildman–Crippen MR) is 108 cm³/mol. The Morgan fingerprint density at radius 1 is 1.04 bits per heavy atom. The molecule has 0 radical (unpaired) electrons. The molecule has 0 amide bonds. The number of hydrogen-bond donors (Lipinski definition) is 0. The summed E-state index contributed by atoms with van der Waals surface area (Å²) in [5.74, 6) is 1.52. The minimum Gasteiger partial charge on any atom is -0.338 e. The summed E-state index contributed by atoms with van der Waals surface area (Å²) in [6.45, 7) is 14.5. The highest BCUT2D eigenvalue weighted by Crippen LogP contribution is 2.29. The van der Waals surface area contributed by atoms with Gasteiger partial charge in [-0.25, -0.2) is 8.42 Å². The van der Waals surface area contributed by atoms with Crippen molar-refractivity contribution in [3.05, 3.63) is 40.0 Å². The SMILES string of the molecule is Cc1cc(C)c(C)c(S(=O)(=O)N2CCN(Cc3nc(C(C)C)no3)CC2)c1C. The first-order valence-electron chi connectivity index (χ1n) is 9.73. The zero-order valence-corrected chi connectivity index (χ0v) is 18.4. The lowest BCUT2D eigenvalue weighted by Crippen LogP contribution is -2.48. The maximum atomic E-state index is 13.3. The molecule has 0 N–H and O–H groups in total. The maximum Gasteiger partial charge on any atom is 0.243 e. The van der Waals surface area contributed by atoms with Crippen molar-refractivity contribution in [3.8, 4) is 0 Å². The van der Waals surface area contributed by atoms with Crippen LogP contribution in [-0.2, 0) is 16.6 Å². The summed E-state index contributed by atoms with van der Waals surface area (Å²) in [7, 11) is -3.52. The first kappa shape index (κ1) is 21.0. The summed E-state index contributed by atoms with van der Waals surface area (Å²) in [5, 5.41) is 3.99. The van der Waals surface area contributed by atoms with Crippen LogP contribution < -0.4 is 0 Å². The van der Waals surface area contributed by atoms with Gasteiger partial charge in [0.1, 0.15) is 0 Å². The average Bonchev–Trinajstić information content (AvgIpc) is 3.09. The van der Waals surface area contributed by atoms with Crippen molar-refractivity contribution >= 4 is 10.0 Å². The second-order valence-electron chi connectivity index (χ2n) is 7.97. The fraction of sp³-hybridized carbons (Fsp3) is 0.600. The summed E-state index contributed by atoms with van der Waals surface area (Å²) in [6, 6.07) is 2.05. The molecule has 2 aromatic rings. The summed E-state index contributed by atoms with van der Waals surface area (Å²) < 4.78 is 33.6. The Bertz CT molecular complexity index is 932. The summed E-state index contributed by atoms with van der Waals surface area (Å²) in [4.78, 5) is 7.04. The van der Waals surface area contributed by atoms with E-state index in [2.05, 4.69) is 21.1 Å². The minimum atomic E-state index is -3.52. The molecule has 0 bridgehead atoms. The van der Waals surface area contributed by atoms with Gasteiger partial charge in [0.15, 0.2) is 5.82 Å². The fourth-order valence-electron chi connectivity index (χ4n) is 3.58. The van der Waals surface area contributed by atoms with Crippen molar-refractivity contribution in [1.29, 1.82) is 0 Å². The highest BCUT2D eigenvalue weighted by molar-refractivity contribution is 7.89. The largest absolute Gasteiger partial charge is 0.338 e. The zero-order valence-electron chi connectivity index (χ0n) is 17.6. The molecule has 1 aliphatic heterocycles. The van der Waals surface area contributed by atoms with E-state index in [-0.39, 0.29) is 5.92 Å². The summed E-state index contributed by atoms with van der Waals surface area (Å²) >= 11 is 0. The number of piperazine rings is 1. The monoisotopic (exact) mass is 406 g/mol. The van der Waals surface area contributed by atoms with E-state index in [4.69, 9.17) is 4.52 Å². The summed E-state index contributed by atoms with van der Waals surface area (Å²) in [6.07, 6.45) is 0. The third-order valence-electron chi connectivity index (χ3n) is 5.59. The molecule has 1 aromatic heterocycles. The molecule has 0 aliphatic carbocycles. The van der Waals surface area contributed by atoms with Gasteiger partial charge in [0, 0.05) is 32.1 Å². The van der Waals surface area contributed by atoms with Crippen LogP contribution in [0.3, 0.4) is 0 Å². The van der Waals surface area contributed by atoms with Gasteiger partial charge < -0.3 is 4.52 Å². The van der Waals surface area contributed by atoms with Crippen molar-refractivity contribution in [2.45, 2.75) is 58.9 Å². The Hall–Kier alpha value is -1.77. The van der Waals surface area contributed by atoms with Gasteiger partial charge in [0.25, 0.3) is 0 Å². The van der Waals surface area contributed by atoms with Crippen LogP contribution in [0, 0.1) is 27.7 Å². The first-order chi connectivity index (χ1) is 13.1. The standard InChI is InChI=1S/C20H30N4O3S/c1-13(2)20-21-18(27-22-20)12-23-7-9-24(10-8-23)28(25,26)19-16(5)14(3)11-15(4)17(19)6/h11,13H,7-10,12H2,1-6H3. The van der Waals surface area contributed by atoms with E-state index in [0.29, 0.717) is 49.3 Å². The minimum absolute atomic E-state index is 0.226. The molecular weight excluding hydrogens is 376 g/mol. The zero-order chi connectivity index (χ0) is 20.6. The van der Waals surface area contributed by atoms with Gasteiger partial charge in [0.2, 0.25) is 15.9 Å². The highest BCUT2D eigenvalue weighted by atomic mass is 32.2. The number of sulfonamides is 1. The Kier molecular flexibility index (Phi) is 5.93. The third kappa shape index (κ3) is 3.99. The Morgan fingerprint density at radius 2 is 1.61 bits per heavy atom. The van der Waals surface area contributed by atoms with Gasteiger partial charge in [0.05, 0.1) is 11.4 Å². The third-order valence-corrected chi connectivity index (χ3v) is 7.76. The van der Waals surface area contributed by atoms with E-state index in [1.54, 1.807) is 4.31 Å². The lowest BCUT2D eigenvalue weighted by atomic mass is 10.0. The second kappa shape index (κ2) is 7.93. The van der Waals surface area contributed by atoms with Crippen LogP contribution in [0.4, 0.5) is 0 Å². The van der Waals surface area contributed by atoms with Crippen LogP contribution in [-0.4, -0.2) is 53.9 Å². The van der Waals surface area contributed by atoms with E-state index >= 15 is 0 Å². The predicted octanol–water partition coefficient (Wildman–Crippen LogP) is 2.93. The maximum absolute atomic E-state index is 13.3. The van der Waals surface area contributed by atoms with Crippen LogP contribution in [0.15, 0.2) is 15.5 Å². The first-order valence-corrected chi connectivity index (χ1v) is 11.2. The molecule has 0 saturated carbocycles. The van der Waals surface area contributed by atoms with Crippen LogP contribution in [0.5, 0.6) is 0 Å². The number of aromatic nitrogens is 2. The Morgan fingerprint density at radius 3 is 2.11 bits per heavy atom. The smallest absolute Gasteiger partial charge is 0.243 e. The molecule has 154 valence electrons. The quantitative estimate of drug-likeness (QED) is 0.760. The molecular formula is C20H30N4O3S. The highest BCUT2D eigenvalue weighted by Gasteiger charge is 2.32. The topological polar surface area (TPSA) is 79.5 Å². The number of aryl methyl sites for hydroxylation is 2. The van der Waals surface area contributed by atoms with Gasteiger partial charge in [-0.1, -0.05) is 25.1 Å². The van der Waals surface area contributed by atoms with E-state index in [1.807, 2.05) is 41.5 Å². The van der Waals surface area contributed by atoms with Gasteiger partial charge in [-0.3, -0.25) is 4.90 Å². The Labute approximate surface area is 167 Å². The van der Waals surface area contributed by atoms with Crippen molar-refractivity contribution in [2.24, 2.45) is 0 Å². The molecule has 1 saturated heterocycles. The molecule has 28 heavy (non-hydrogen) atoms. The Balaban J connectivity index is 1.72. The van der Waals surface area contributed by atoms with Crippen LogP contribution in [0.1, 0.15) is 53.7 Å². The molecule has 3 rings (SSSR count). The molecule has 1 aliphatic rings. The molecule has 0 atom stereocenters. The van der Waals surface area contributed by atoms with Gasteiger partial charge in [-0.05, 0) is 49.9 Å². The fourth-order valence-corrected chi connectivity index (χ4v) is 5.58. The number of nitrogens with zero attached hydrogens (tertiary/aromatic N) is 4. The number of hydrogen-bond acceptors (Lipinski definition) is 6. The van der Waals surface area contributed by atoms with Crippen molar-refractivity contribution < 1.29 is 12.9 Å². The van der Waals surface area contributed by atoms with Crippen molar-refractivity contribution in [1.82, 2.24) is 19.3 Å². The molecule has 8 heteroatoms. The lowest BCUT2D eigenvalue weighted by molar-refractivity contribution is 0.163. The van der Waals surface area contributed by atoms with Gasteiger partial charge in [-0.15, -0.1) is 0 Å². The van der Waals surface area contributed by atoms with Crippen molar-refractivity contribution in [2.75, 3.05) is 26.2 Å². The van der Waals surface area contributed by atoms with Gasteiger partial charge >= 0.3 is 0 Å². The molecule has 0 unspecified atom stereocenters. The average molecular weight is 407 g/mol. The molecule has 1 aromatic carbocycles. The van der Waals surface area contributed by atoms with E-state index in [0.717, 1.165) is 22.3 Å².